The van der Waals surface area contributed by atoms with E-state index in [-0.39, 0.29) is 0 Å². The predicted molar refractivity (Wildman–Crippen MR) is 74.9 cm³/mol. The van der Waals surface area contributed by atoms with Crippen LogP contribution in [-0.2, 0) is 0 Å². The smallest absolute Gasteiger partial charge is 0.0157 e. The fraction of sp³-hybridized carbons (Fsp3) is 0.867. The Hall–Kier alpha value is -0.300. The third-order valence-corrected chi connectivity index (χ3v) is 3.08. The number of rotatable bonds is 12. The van der Waals surface area contributed by atoms with Gasteiger partial charge >= 0.3 is 0 Å². The van der Waals surface area contributed by atoms with Crippen molar-refractivity contribution in [2.75, 3.05) is 20.1 Å². The fourth-order valence-electron chi connectivity index (χ4n) is 2.00. The van der Waals surface area contributed by atoms with Crippen molar-refractivity contribution in [3.63, 3.8) is 0 Å². The molecule has 0 aromatic heterocycles. The van der Waals surface area contributed by atoms with E-state index in [1.807, 2.05) is 6.08 Å². The van der Waals surface area contributed by atoms with Gasteiger partial charge in [0.15, 0.2) is 0 Å². The van der Waals surface area contributed by atoms with Crippen molar-refractivity contribution in [3.05, 3.63) is 12.7 Å². The number of hydrogen-bond donors (Lipinski definition) is 0. The van der Waals surface area contributed by atoms with Crippen molar-refractivity contribution in [2.24, 2.45) is 0 Å². The summed E-state index contributed by atoms with van der Waals surface area (Å²) in [4.78, 5) is 2.34. The van der Waals surface area contributed by atoms with E-state index in [0.717, 1.165) is 6.54 Å². The van der Waals surface area contributed by atoms with E-state index in [1.165, 1.54) is 64.3 Å². The van der Waals surface area contributed by atoms with Crippen molar-refractivity contribution >= 4 is 0 Å². The molecule has 0 saturated carbocycles. The van der Waals surface area contributed by atoms with Crippen LogP contribution in [0, 0.1) is 0 Å². The molecule has 0 aromatic carbocycles. The molecule has 0 rings (SSSR count). The van der Waals surface area contributed by atoms with E-state index < -0.39 is 0 Å². The number of hydrogen-bond acceptors (Lipinski definition) is 1. The van der Waals surface area contributed by atoms with Gasteiger partial charge in [0.1, 0.15) is 0 Å². The van der Waals surface area contributed by atoms with Crippen LogP contribution in [0.15, 0.2) is 12.7 Å². The molecule has 0 atom stereocenters. The van der Waals surface area contributed by atoms with Gasteiger partial charge in [-0.3, -0.25) is 0 Å². The monoisotopic (exact) mass is 225 g/mol. The first-order valence-electron chi connectivity index (χ1n) is 7.10. The largest absolute Gasteiger partial charge is 0.303 e. The van der Waals surface area contributed by atoms with Crippen molar-refractivity contribution in [2.45, 2.75) is 64.7 Å². The van der Waals surface area contributed by atoms with E-state index in [1.54, 1.807) is 0 Å². The normalized spacial score (nSPS) is 10.9. The molecule has 0 amide bonds. The van der Waals surface area contributed by atoms with Crippen LogP contribution >= 0.6 is 0 Å². The lowest BCUT2D eigenvalue weighted by atomic mass is 10.1. The second kappa shape index (κ2) is 12.8. The molecule has 1 heteroatoms. The summed E-state index contributed by atoms with van der Waals surface area (Å²) in [5.74, 6) is 0. The molecule has 0 aliphatic heterocycles. The Morgan fingerprint density at radius 1 is 0.875 bits per heavy atom. The Kier molecular flexibility index (Phi) is 12.5. The van der Waals surface area contributed by atoms with Gasteiger partial charge in [-0.25, -0.2) is 0 Å². The molecule has 0 fully saturated rings. The van der Waals surface area contributed by atoms with E-state index >= 15 is 0 Å². The lowest BCUT2D eigenvalue weighted by Gasteiger charge is -2.13. The average Bonchev–Trinajstić information content (AvgIpc) is 2.27. The molecule has 0 bridgehead atoms. The first-order valence-corrected chi connectivity index (χ1v) is 7.10. The molecular weight excluding hydrogens is 194 g/mol. The van der Waals surface area contributed by atoms with Crippen LogP contribution < -0.4 is 0 Å². The number of nitrogens with zero attached hydrogens (tertiary/aromatic N) is 1. The van der Waals surface area contributed by atoms with Gasteiger partial charge in [-0.15, -0.1) is 6.58 Å². The van der Waals surface area contributed by atoms with Gasteiger partial charge < -0.3 is 4.90 Å². The summed E-state index contributed by atoms with van der Waals surface area (Å²) in [6.07, 6.45) is 14.7. The standard InChI is InChI=1S/C15H31N/c1-4-6-7-8-9-10-11-12-13-15-16(3)14-5-2/h5H,2,4,6-15H2,1,3H3. The molecule has 1 nitrogen and oxygen atoms in total. The molecule has 0 aliphatic rings. The highest BCUT2D eigenvalue weighted by molar-refractivity contribution is 4.70. The van der Waals surface area contributed by atoms with Crippen molar-refractivity contribution < 1.29 is 0 Å². The lowest BCUT2D eigenvalue weighted by molar-refractivity contribution is 0.356. The summed E-state index contributed by atoms with van der Waals surface area (Å²) in [5, 5.41) is 0. The highest BCUT2D eigenvalue weighted by Crippen LogP contribution is 2.09. The van der Waals surface area contributed by atoms with Gasteiger partial charge in [-0.05, 0) is 20.0 Å². The van der Waals surface area contributed by atoms with E-state index in [4.69, 9.17) is 0 Å². The minimum absolute atomic E-state index is 1.02. The molecule has 0 radical (unpaired) electrons. The van der Waals surface area contributed by atoms with Crippen LogP contribution in [0.3, 0.4) is 0 Å². The highest BCUT2D eigenvalue weighted by atomic mass is 15.1. The Bertz CT molecular complexity index is 142. The van der Waals surface area contributed by atoms with Crippen LogP contribution in [0.25, 0.3) is 0 Å². The molecular formula is C15H31N. The molecule has 96 valence electrons. The van der Waals surface area contributed by atoms with E-state index in [9.17, 15) is 0 Å². The quantitative estimate of drug-likeness (QED) is 0.345. The Morgan fingerprint density at radius 2 is 1.38 bits per heavy atom. The zero-order chi connectivity index (χ0) is 12.1. The molecule has 0 spiro atoms. The summed E-state index contributed by atoms with van der Waals surface area (Å²) in [6, 6.07) is 0. The Morgan fingerprint density at radius 3 is 1.88 bits per heavy atom. The second-order valence-electron chi connectivity index (χ2n) is 4.88. The second-order valence-corrected chi connectivity index (χ2v) is 4.88. The van der Waals surface area contributed by atoms with Crippen LogP contribution in [-0.4, -0.2) is 25.0 Å². The van der Waals surface area contributed by atoms with Crippen molar-refractivity contribution in [1.82, 2.24) is 4.90 Å². The maximum atomic E-state index is 3.75. The summed E-state index contributed by atoms with van der Waals surface area (Å²) in [6.45, 7) is 8.28. The third kappa shape index (κ3) is 11.8. The maximum absolute atomic E-state index is 3.75. The van der Waals surface area contributed by atoms with Crippen LogP contribution in [0.5, 0.6) is 0 Å². The molecule has 0 aliphatic carbocycles. The minimum atomic E-state index is 1.02. The number of unbranched alkanes of at least 4 members (excludes halogenated alkanes) is 8. The fourth-order valence-corrected chi connectivity index (χ4v) is 2.00. The van der Waals surface area contributed by atoms with Crippen LogP contribution in [0.1, 0.15) is 64.7 Å². The van der Waals surface area contributed by atoms with E-state index in [2.05, 4.69) is 25.5 Å². The zero-order valence-corrected chi connectivity index (χ0v) is 11.5. The third-order valence-electron chi connectivity index (χ3n) is 3.08. The lowest BCUT2D eigenvalue weighted by Crippen LogP contribution is -2.19. The van der Waals surface area contributed by atoms with Gasteiger partial charge in [0, 0.05) is 6.54 Å². The first kappa shape index (κ1) is 15.7. The van der Waals surface area contributed by atoms with E-state index in [0.29, 0.717) is 0 Å². The Balaban J connectivity index is 3.00. The molecule has 0 saturated heterocycles. The molecule has 0 unspecified atom stereocenters. The van der Waals surface area contributed by atoms with Crippen LogP contribution in [0.4, 0.5) is 0 Å². The molecule has 0 N–H and O–H groups in total. The summed E-state index contributed by atoms with van der Waals surface area (Å²) in [5.41, 5.74) is 0. The minimum Gasteiger partial charge on any atom is -0.303 e. The van der Waals surface area contributed by atoms with Gasteiger partial charge in [0.25, 0.3) is 0 Å². The van der Waals surface area contributed by atoms with Crippen molar-refractivity contribution in [3.8, 4) is 0 Å². The topological polar surface area (TPSA) is 3.24 Å². The first-order chi connectivity index (χ1) is 7.81. The van der Waals surface area contributed by atoms with Gasteiger partial charge in [0.2, 0.25) is 0 Å². The number of likely N-dealkylation sites (N-methyl/N-ethyl adjacent to an activating group) is 1. The molecule has 16 heavy (non-hydrogen) atoms. The van der Waals surface area contributed by atoms with Gasteiger partial charge in [-0.2, -0.15) is 0 Å². The van der Waals surface area contributed by atoms with Crippen LogP contribution in [0.2, 0.25) is 0 Å². The summed E-state index contributed by atoms with van der Waals surface area (Å²) in [7, 11) is 2.17. The SMILES string of the molecule is C=CCN(C)CCCCCCCCCCC. The zero-order valence-electron chi connectivity index (χ0n) is 11.5. The molecule has 0 aromatic rings. The molecule has 0 heterocycles. The van der Waals surface area contributed by atoms with Crippen molar-refractivity contribution in [1.29, 1.82) is 0 Å². The van der Waals surface area contributed by atoms with Gasteiger partial charge in [-0.1, -0.05) is 64.4 Å². The average molecular weight is 225 g/mol. The predicted octanol–water partition coefficient (Wildman–Crippen LogP) is 4.64. The van der Waals surface area contributed by atoms with Gasteiger partial charge in [0.05, 0.1) is 0 Å². The summed E-state index contributed by atoms with van der Waals surface area (Å²) < 4.78 is 0. The summed E-state index contributed by atoms with van der Waals surface area (Å²) >= 11 is 0. The maximum Gasteiger partial charge on any atom is 0.0157 e. The highest BCUT2D eigenvalue weighted by Gasteiger charge is 1.95. The Labute approximate surface area is 103 Å².